The summed E-state index contributed by atoms with van der Waals surface area (Å²) in [6.07, 6.45) is 2.39. The number of nitrogens with one attached hydrogen (secondary N) is 1. The zero-order chi connectivity index (χ0) is 14.4. The molecule has 104 valence electrons. The number of hydrogen-bond donors (Lipinski definition) is 3. The first-order chi connectivity index (χ1) is 8.95. The van der Waals surface area contributed by atoms with Crippen molar-refractivity contribution in [1.82, 2.24) is 0 Å². The number of carbonyl (C=O) groups excluding carboxylic acids is 1. The molecule has 0 aliphatic carbocycles. The maximum Gasteiger partial charge on any atom is 0.335 e. The van der Waals surface area contributed by atoms with Gasteiger partial charge in [-0.1, -0.05) is 0 Å². The van der Waals surface area contributed by atoms with Gasteiger partial charge in [0.25, 0.3) is 0 Å². The first kappa shape index (κ1) is 15.5. The molecule has 1 amide bonds. The molecule has 1 aromatic rings. The Labute approximate surface area is 114 Å². The van der Waals surface area contributed by atoms with Crippen molar-refractivity contribution in [2.45, 2.75) is 12.5 Å². The average molecular weight is 286 g/mol. The predicted octanol–water partition coefficient (Wildman–Crippen LogP) is 1.54. The molecule has 1 aromatic carbocycles. The number of thioether (sulfide) groups is 1. The van der Waals surface area contributed by atoms with Crippen LogP contribution in [0.1, 0.15) is 16.8 Å². The Hall–Kier alpha value is -1.60. The smallest absolute Gasteiger partial charge is 0.335 e. The van der Waals surface area contributed by atoms with Crippen LogP contribution in [0.25, 0.3) is 0 Å². The van der Waals surface area contributed by atoms with E-state index in [-0.39, 0.29) is 11.3 Å². The lowest BCUT2D eigenvalue weighted by molar-refractivity contribution is -0.117. The highest BCUT2D eigenvalue weighted by atomic mass is 32.2. The Kier molecular flexibility index (Phi) is 5.78. The molecule has 0 bridgehead atoms. The van der Waals surface area contributed by atoms with E-state index in [4.69, 9.17) is 10.8 Å². The van der Waals surface area contributed by atoms with Gasteiger partial charge in [0.05, 0.1) is 17.3 Å². The van der Waals surface area contributed by atoms with Gasteiger partial charge in [-0.2, -0.15) is 11.8 Å². The van der Waals surface area contributed by atoms with E-state index in [0.29, 0.717) is 6.42 Å². The van der Waals surface area contributed by atoms with Gasteiger partial charge in [0.2, 0.25) is 5.91 Å². The summed E-state index contributed by atoms with van der Waals surface area (Å²) in [4.78, 5) is 22.3. The van der Waals surface area contributed by atoms with Crippen molar-refractivity contribution in [3.05, 3.63) is 29.6 Å². The molecule has 0 heterocycles. The molecule has 5 nitrogen and oxygen atoms in total. The number of anilines is 1. The van der Waals surface area contributed by atoms with Crippen LogP contribution in [0.5, 0.6) is 0 Å². The van der Waals surface area contributed by atoms with Gasteiger partial charge in [0, 0.05) is 0 Å². The standard InChI is InChI=1S/C12H15FN2O3S/c1-19-5-4-9(14)11(16)15-10-3-2-7(12(17)18)6-8(10)13/h2-3,6,9H,4-5,14H2,1H3,(H,15,16)(H,17,18)/t9-/m0/s1. The number of hydrogen-bond acceptors (Lipinski definition) is 4. The summed E-state index contributed by atoms with van der Waals surface area (Å²) in [5.41, 5.74) is 5.38. The molecule has 1 atom stereocenters. The second-order valence-corrected chi connectivity index (χ2v) is 4.86. The summed E-state index contributed by atoms with van der Waals surface area (Å²) in [6.45, 7) is 0. The van der Waals surface area contributed by atoms with E-state index in [1.165, 1.54) is 12.1 Å². The van der Waals surface area contributed by atoms with Crippen molar-refractivity contribution < 1.29 is 19.1 Å². The molecule has 0 saturated heterocycles. The molecular weight excluding hydrogens is 271 g/mol. The number of nitrogens with two attached hydrogens (primary N) is 1. The van der Waals surface area contributed by atoms with E-state index in [1.54, 1.807) is 11.8 Å². The summed E-state index contributed by atoms with van der Waals surface area (Å²) in [5.74, 6) is -1.79. The maximum atomic E-state index is 13.6. The highest BCUT2D eigenvalue weighted by molar-refractivity contribution is 7.98. The fourth-order valence-electron chi connectivity index (χ4n) is 1.35. The van der Waals surface area contributed by atoms with Crippen molar-refractivity contribution in [1.29, 1.82) is 0 Å². The SMILES string of the molecule is CSCC[C@H](N)C(=O)Nc1ccc(C(=O)O)cc1F. The van der Waals surface area contributed by atoms with Crippen molar-refractivity contribution in [2.24, 2.45) is 5.73 Å². The van der Waals surface area contributed by atoms with Crippen LogP contribution in [0, 0.1) is 5.82 Å². The van der Waals surface area contributed by atoms with Crippen molar-refractivity contribution in [3.63, 3.8) is 0 Å². The first-order valence-corrected chi connectivity index (χ1v) is 6.93. The van der Waals surface area contributed by atoms with Gasteiger partial charge in [-0.15, -0.1) is 0 Å². The van der Waals surface area contributed by atoms with Crippen LogP contribution in [0.4, 0.5) is 10.1 Å². The summed E-state index contributed by atoms with van der Waals surface area (Å²) in [5, 5.41) is 11.0. The molecule has 0 aliphatic heterocycles. The van der Waals surface area contributed by atoms with Gasteiger partial charge in [-0.05, 0) is 36.6 Å². The molecule has 7 heteroatoms. The number of rotatable bonds is 6. The van der Waals surface area contributed by atoms with Gasteiger partial charge in [-0.3, -0.25) is 4.79 Å². The summed E-state index contributed by atoms with van der Waals surface area (Å²) >= 11 is 1.56. The molecule has 0 fully saturated rings. The molecule has 0 aliphatic rings. The molecular formula is C12H15FN2O3S. The van der Waals surface area contributed by atoms with Gasteiger partial charge in [0.1, 0.15) is 5.82 Å². The first-order valence-electron chi connectivity index (χ1n) is 5.54. The predicted molar refractivity (Wildman–Crippen MR) is 73.0 cm³/mol. The number of halogens is 1. The summed E-state index contributed by atoms with van der Waals surface area (Å²) in [7, 11) is 0. The van der Waals surface area contributed by atoms with Crippen LogP contribution in [0.3, 0.4) is 0 Å². The minimum atomic E-state index is -1.23. The number of benzene rings is 1. The fourth-order valence-corrected chi connectivity index (χ4v) is 1.84. The zero-order valence-electron chi connectivity index (χ0n) is 10.4. The van der Waals surface area contributed by atoms with Crippen LogP contribution in [0.2, 0.25) is 0 Å². The molecule has 1 rings (SSSR count). The lowest BCUT2D eigenvalue weighted by Crippen LogP contribution is -2.36. The van der Waals surface area contributed by atoms with Gasteiger partial charge in [-0.25, -0.2) is 9.18 Å². The Morgan fingerprint density at radius 1 is 1.53 bits per heavy atom. The molecule has 4 N–H and O–H groups in total. The van der Waals surface area contributed by atoms with Crippen LogP contribution < -0.4 is 11.1 Å². The number of amides is 1. The topological polar surface area (TPSA) is 92.4 Å². The van der Waals surface area contributed by atoms with Crippen molar-refractivity contribution in [3.8, 4) is 0 Å². The molecule has 0 radical (unpaired) electrons. The monoisotopic (exact) mass is 286 g/mol. The van der Waals surface area contributed by atoms with E-state index in [0.717, 1.165) is 11.8 Å². The molecule has 0 spiro atoms. The zero-order valence-corrected chi connectivity index (χ0v) is 11.2. The number of carboxylic acid groups (broad SMARTS) is 1. The van der Waals surface area contributed by atoms with E-state index in [1.807, 2.05) is 6.26 Å². The maximum absolute atomic E-state index is 13.6. The number of carboxylic acids is 1. The molecule has 0 aromatic heterocycles. The second kappa shape index (κ2) is 7.10. The third-order valence-electron chi connectivity index (χ3n) is 2.44. The van der Waals surface area contributed by atoms with Gasteiger partial charge in [0.15, 0.2) is 0 Å². The number of aromatic carboxylic acids is 1. The van der Waals surface area contributed by atoms with Crippen LogP contribution in [-0.4, -0.2) is 35.0 Å². The van der Waals surface area contributed by atoms with Gasteiger partial charge >= 0.3 is 5.97 Å². The molecule has 19 heavy (non-hydrogen) atoms. The summed E-state index contributed by atoms with van der Waals surface area (Å²) < 4.78 is 13.6. The highest BCUT2D eigenvalue weighted by Gasteiger charge is 2.15. The normalized spacial score (nSPS) is 11.9. The van der Waals surface area contributed by atoms with Crippen LogP contribution in [-0.2, 0) is 4.79 Å². The van der Waals surface area contributed by atoms with E-state index < -0.39 is 23.7 Å². The van der Waals surface area contributed by atoms with Crippen molar-refractivity contribution in [2.75, 3.05) is 17.3 Å². The van der Waals surface area contributed by atoms with Crippen LogP contribution >= 0.6 is 11.8 Å². The Morgan fingerprint density at radius 3 is 2.74 bits per heavy atom. The Morgan fingerprint density at radius 2 is 2.21 bits per heavy atom. The van der Waals surface area contributed by atoms with E-state index >= 15 is 0 Å². The minimum Gasteiger partial charge on any atom is -0.478 e. The number of carbonyl (C=O) groups is 2. The Balaban J connectivity index is 2.72. The minimum absolute atomic E-state index is 0.0744. The third kappa shape index (κ3) is 4.53. The lowest BCUT2D eigenvalue weighted by atomic mass is 10.2. The van der Waals surface area contributed by atoms with Crippen LogP contribution in [0.15, 0.2) is 18.2 Å². The lowest BCUT2D eigenvalue weighted by Gasteiger charge is -2.12. The molecule has 0 unspecified atom stereocenters. The third-order valence-corrected chi connectivity index (χ3v) is 3.09. The average Bonchev–Trinajstić information content (AvgIpc) is 2.37. The molecule has 0 saturated carbocycles. The highest BCUT2D eigenvalue weighted by Crippen LogP contribution is 2.16. The largest absolute Gasteiger partial charge is 0.478 e. The van der Waals surface area contributed by atoms with Gasteiger partial charge < -0.3 is 16.2 Å². The van der Waals surface area contributed by atoms with E-state index in [9.17, 15) is 14.0 Å². The summed E-state index contributed by atoms with van der Waals surface area (Å²) in [6, 6.07) is 2.56. The quantitative estimate of drug-likeness (QED) is 0.737. The second-order valence-electron chi connectivity index (χ2n) is 3.88. The van der Waals surface area contributed by atoms with Crippen molar-refractivity contribution >= 4 is 29.3 Å². The fraction of sp³-hybridized carbons (Fsp3) is 0.333. The Bertz CT molecular complexity index is 482. The van der Waals surface area contributed by atoms with E-state index in [2.05, 4.69) is 5.32 Å².